The monoisotopic (exact) mass is 275 g/mol. The lowest BCUT2D eigenvalue weighted by atomic mass is 9.93. The van der Waals surface area contributed by atoms with Crippen LogP contribution in [0.25, 0.3) is 0 Å². The first-order chi connectivity index (χ1) is 7.41. The lowest BCUT2D eigenvalue weighted by molar-refractivity contribution is 0.824. The molecule has 1 atom stereocenters. The first-order valence-electron chi connectivity index (χ1n) is 4.99. The molecule has 4 heteroatoms. The predicted octanol–water partition coefficient (Wildman–Crippen LogP) is 4.49. The van der Waals surface area contributed by atoms with Gasteiger partial charge in [-0.25, -0.2) is 0 Å². The van der Waals surface area contributed by atoms with Gasteiger partial charge in [0.2, 0.25) is 3.79 Å². The number of hydrogen-bond donors (Lipinski definition) is 0. The number of fused-ring (bicyclic) bond motifs is 1. The minimum Gasteiger partial charge on any atom is -0.349 e. The second-order valence-corrected chi connectivity index (χ2v) is 6.31. The molecule has 2 rings (SSSR count). The summed E-state index contributed by atoms with van der Waals surface area (Å²) in [5.41, 5.74) is 3.24. The Hall–Kier alpha value is -0.370. The first-order valence-corrected chi connectivity index (χ1v) is 6.12. The zero-order valence-corrected chi connectivity index (χ0v) is 11.3. The van der Waals surface area contributed by atoms with E-state index in [-0.39, 0.29) is 5.92 Å². The number of nitrogens with zero attached hydrogens (tertiary/aromatic N) is 1. The summed E-state index contributed by atoms with van der Waals surface area (Å²) < 4.78 is -1.31. The quantitative estimate of drug-likeness (QED) is 0.631. The summed E-state index contributed by atoms with van der Waals surface area (Å²) in [6, 6.07) is 7.99. The van der Waals surface area contributed by atoms with Gasteiger partial charge in [-0.05, 0) is 18.6 Å². The fourth-order valence-corrected chi connectivity index (χ4v) is 2.50. The van der Waals surface area contributed by atoms with Gasteiger partial charge < -0.3 is 4.90 Å². The van der Waals surface area contributed by atoms with Gasteiger partial charge in [0, 0.05) is 18.4 Å². The zero-order chi connectivity index (χ0) is 11.9. The Balaban J connectivity index is 2.57. The molecule has 86 valence electrons. The molecule has 0 fully saturated rings. The third-order valence-corrected chi connectivity index (χ3v) is 3.63. The summed E-state index contributed by atoms with van der Waals surface area (Å²) in [6.07, 6.45) is 2.00. The summed E-state index contributed by atoms with van der Waals surface area (Å²) in [4.78, 5) is 2.10. The van der Waals surface area contributed by atoms with E-state index in [0.717, 1.165) is 16.9 Å². The second kappa shape index (κ2) is 4.14. The van der Waals surface area contributed by atoms with Crippen molar-refractivity contribution in [3.8, 4) is 0 Å². The van der Waals surface area contributed by atoms with Gasteiger partial charge in [0.25, 0.3) is 0 Å². The van der Waals surface area contributed by atoms with Crippen LogP contribution in [0.1, 0.15) is 18.4 Å². The Morgan fingerprint density at radius 1 is 1.19 bits per heavy atom. The van der Waals surface area contributed by atoms with Crippen molar-refractivity contribution in [2.75, 3.05) is 11.9 Å². The van der Waals surface area contributed by atoms with Crippen molar-refractivity contribution in [2.24, 2.45) is 0 Å². The Morgan fingerprint density at radius 2 is 1.81 bits per heavy atom. The molecule has 0 bridgehead atoms. The normalized spacial score (nSPS) is 20.4. The van der Waals surface area contributed by atoms with Gasteiger partial charge in [-0.15, -0.1) is 0 Å². The largest absolute Gasteiger partial charge is 0.349 e. The molecule has 0 N–H and O–H groups in total. The number of alkyl halides is 3. The third-order valence-electron chi connectivity index (χ3n) is 2.92. The molecule has 1 aliphatic heterocycles. The van der Waals surface area contributed by atoms with Gasteiger partial charge in [0.05, 0.1) is 5.92 Å². The van der Waals surface area contributed by atoms with Crippen LogP contribution in [0.5, 0.6) is 0 Å². The van der Waals surface area contributed by atoms with Crippen LogP contribution < -0.4 is 4.90 Å². The summed E-state index contributed by atoms with van der Waals surface area (Å²) in [5, 5.41) is 0. The van der Waals surface area contributed by atoms with E-state index in [2.05, 4.69) is 4.90 Å². The minimum atomic E-state index is -1.31. The Morgan fingerprint density at radius 3 is 2.44 bits per heavy atom. The molecule has 1 nitrogen and oxygen atoms in total. The van der Waals surface area contributed by atoms with Gasteiger partial charge in [-0.3, -0.25) is 0 Å². The van der Waals surface area contributed by atoms with E-state index in [0.29, 0.717) is 0 Å². The predicted molar refractivity (Wildman–Crippen MR) is 71.6 cm³/mol. The summed E-state index contributed by atoms with van der Waals surface area (Å²) in [7, 11) is 2.01. The van der Waals surface area contributed by atoms with Crippen LogP contribution >= 0.6 is 34.8 Å². The Bertz CT molecular complexity index is 434. The molecule has 0 saturated heterocycles. The molecule has 1 aromatic carbocycles. The summed E-state index contributed by atoms with van der Waals surface area (Å²) in [6.45, 7) is 2.01. The van der Waals surface area contributed by atoms with E-state index < -0.39 is 3.79 Å². The minimum absolute atomic E-state index is 0.190. The van der Waals surface area contributed by atoms with Crippen molar-refractivity contribution in [3.05, 3.63) is 41.6 Å². The maximum absolute atomic E-state index is 6.02. The lowest BCUT2D eigenvalue weighted by Crippen LogP contribution is -2.27. The lowest BCUT2D eigenvalue weighted by Gasteiger charge is -2.34. The van der Waals surface area contributed by atoms with E-state index in [1.807, 2.05) is 44.3 Å². The number of benzene rings is 1. The van der Waals surface area contributed by atoms with E-state index in [4.69, 9.17) is 34.8 Å². The highest BCUT2D eigenvalue weighted by Crippen LogP contribution is 2.48. The van der Waals surface area contributed by atoms with Crippen molar-refractivity contribution < 1.29 is 0 Å². The van der Waals surface area contributed by atoms with Crippen LogP contribution in [0.3, 0.4) is 0 Å². The highest BCUT2D eigenvalue weighted by Gasteiger charge is 2.36. The third kappa shape index (κ3) is 2.04. The first kappa shape index (κ1) is 12.1. The standard InChI is InChI=1S/C12H12Cl3N/c1-8-7-10(12(13,14)15)9-5-3-4-6-11(9)16(8)2/h3-7,10H,1-2H3. The smallest absolute Gasteiger partial charge is 0.200 e. The van der Waals surface area contributed by atoms with Crippen LogP contribution in [0.4, 0.5) is 5.69 Å². The van der Waals surface area contributed by atoms with E-state index >= 15 is 0 Å². The van der Waals surface area contributed by atoms with Crippen LogP contribution in [-0.4, -0.2) is 10.8 Å². The number of para-hydroxylation sites is 1. The van der Waals surface area contributed by atoms with Gasteiger partial charge in [0.15, 0.2) is 0 Å². The topological polar surface area (TPSA) is 3.24 Å². The molecule has 1 aliphatic rings. The molecule has 0 aromatic heterocycles. The van der Waals surface area contributed by atoms with Crippen LogP contribution in [0.2, 0.25) is 0 Å². The van der Waals surface area contributed by atoms with Crippen LogP contribution in [0.15, 0.2) is 36.0 Å². The maximum Gasteiger partial charge on any atom is 0.200 e. The molecule has 0 aliphatic carbocycles. The molecule has 1 unspecified atom stereocenters. The van der Waals surface area contributed by atoms with Crippen molar-refractivity contribution in [1.82, 2.24) is 0 Å². The summed E-state index contributed by atoms with van der Waals surface area (Å²) >= 11 is 18.1. The molecular weight excluding hydrogens is 264 g/mol. The number of halogens is 3. The molecule has 0 radical (unpaired) electrons. The number of anilines is 1. The average Bonchev–Trinajstić information content (AvgIpc) is 2.22. The van der Waals surface area contributed by atoms with Gasteiger partial charge in [-0.2, -0.15) is 0 Å². The zero-order valence-electron chi connectivity index (χ0n) is 9.05. The average molecular weight is 277 g/mol. The highest BCUT2D eigenvalue weighted by molar-refractivity contribution is 6.68. The molecule has 0 spiro atoms. The van der Waals surface area contributed by atoms with Crippen molar-refractivity contribution in [1.29, 1.82) is 0 Å². The number of hydrogen-bond acceptors (Lipinski definition) is 1. The molecular formula is C12H12Cl3N. The van der Waals surface area contributed by atoms with Crippen LogP contribution in [-0.2, 0) is 0 Å². The molecule has 16 heavy (non-hydrogen) atoms. The molecule has 0 amide bonds. The molecule has 1 heterocycles. The number of rotatable bonds is 0. The van der Waals surface area contributed by atoms with E-state index in [9.17, 15) is 0 Å². The second-order valence-electron chi connectivity index (χ2n) is 3.95. The van der Waals surface area contributed by atoms with Gasteiger partial charge >= 0.3 is 0 Å². The van der Waals surface area contributed by atoms with E-state index in [1.165, 1.54) is 0 Å². The molecule has 0 saturated carbocycles. The maximum atomic E-state index is 6.02. The molecule has 1 aromatic rings. The van der Waals surface area contributed by atoms with Crippen molar-refractivity contribution in [2.45, 2.75) is 16.6 Å². The van der Waals surface area contributed by atoms with Crippen molar-refractivity contribution >= 4 is 40.5 Å². The van der Waals surface area contributed by atoms with Crippen LogP contribution in [0, 0.1) is 0 Å². The van der Waals surface area contributed by atoms with Gasteiger partial charge in [-0.1, -0.05) is 59.1 Å². The fourth-order valence-electron chi connectivity index (χ4n) is 1.96. The van der Waals surface area contributed by atoms with Gasteiger partial charge in [0.1, 0.15) is 0 Å². The SMILES string of the molecule is CC1=CC(C(Cl)(Cl)Cl)c2ccccc2N1C. The Kier molecular flexibility index (Phi) is 3.13. The van der Waals surface area contributed by atoms with Crippen molar-refractivity contribution in [3.63, 3.8) is 0 Å². The summed E-state index contributed by atoms with van der Waals surface area (Å²) in [5.74, 6) is -0.190. The Labute approximate surface area is 111 Å². The van der Waals surface area contributed by atoms with E-state index in [1.54, 1.807) is 0 Å². The fraction of sp³-hybridized carbons (Fsp3) is 0.333. The highest BCUT2D eigenvalue weighted by atomic mass is 35.6. The number of allylic oxidation sites excluding steroid dienone is 2.